The molecule has 0 radical (unpaired) electrons. The van der Waals surface area contributed by atoms with E-state index in [1.165, 1.54) is 6.07 Å². The molecule has 1 aliphatic heterocycles. The van der Waals surface area contributed by atoms with E-state index in [2.05, 4.69) is 41.8 Å². The predicted octanol–water partition coefficient (Wildman–Crippen LogP) is 3.12. The largest absolute Gasteiger partial charge is 0.346 e. The highest BCUT2D eigenvalue weighted by atomic mass is 79.9. The number of rotatable bonds is 2. The number of nitrogens with one attached hydrogen (secondary N) is 1. The minimum atomic E-state index is -0.288. The normalized spacial score (nSPS) is 19.9. The molecule has 1 N–H and O–H groups in total. The SMILES string of the molecule is Fc1ccc(Br)cc1[C@H]1C[C@H](c2cccnc2)Nc2nnnn21. The quantitative estimate of drug-likeness (QED) is 0.746. The summed E-state index contributed by atoms with van der Waals surface area (Å²) < 4.78 is 16.8. The molecule has 6 nitrogen and oxygen atoms in total. The Morgan fingerprint density at radius 1 is 1.30 bits per heavy atom. The zero-order valence-electron chi connectivity index (χ0n) is 11.9. The van der Waals surface area contributed by atoms with Crippen molar-refractivity contribution in [3.05, 3.63) is 64.1 Å². The van der Waals surface area contributed by atoms with Crippen LogP contribution in [0.4, 0.5) is 10.3 Å². The Hall–Kier alpha value is -2.35. The Kier molecular flexibility index (Phi) is 3.53. The van der Waals surface area contributed by atoms with Crippen LogP contribution in [0.2, 0.25) is 0 Å². The van der Waals surface area contributed by atoms with Gasteiger partial charge in [-0.3, -0.25) is 4.98 Å². The highest BCUT2D eigenvalue weighted by Gasteiger charge is 2.32. The summed E-state index contributed by atoms with van der Waals surface area (Å²) >= 11 is 3.40. The van der Waals surface area contributed by atoms with Crippen LogP contribution in [0, 0.1) is 5.82 Å². The molecule has 3 heterocycles. The fourth-order valence-corrected chi connectivity index (χ4v) is 3.25. The molecular weight excluding hydrogens is 363 g/mol. The number of hydrogen-bond donors (Lipinski definition) is 1. The molecule has 23 heavy (non-hydrogen) atoms. The number of pyridine rings is 1. The van der Waals surface area contributed by atoms with Crippen molar-refractivity contribution < 1.29 is 4.39 Å². The van der Waals surface area contributed by atoms with Crippen molar-refractivity contribution in [1.82, 2.24) is 25.2 Å². The van der Waals surface area contributed by atoms with E-state index in [1.54, 1.807) is 29.2 Å². The molecule has 0 spiro atoms. The molecule has 0 unspecified atom stereocenters. The number of benzene rings is 1. The zero-order valence-corrected chi connectivity index (χ0v) is 13.5. The Balaban J connectivity index is 1.78. The third-order valence-corrected chi connectivity index (χ3v) is 4.45. The fraction of sp³-hybridized carbons (Fsp3) is 0.200. The summed E-state index contributed by atoms with van der Waals surface area (Å²) in [5, 5.41) is 15.0. The van der Waals surface area contributed by atoms with E-state index in [-0.39, 0.29) is 17.9 Å². The number of anilines is 1. The topological polar surface area (TPSA) is 68.5 Å². The molecule has 1 aliphatic rings. The van der Waals surface area contributed by atoms with Crippen molar-refractivity contribution in [2.45, 2.75) is 18.5 Å². The van der Waals surface area contributed by atoms with Crippen molar-refractivity contribution in [3.63, 3.8) is 0 Å². The molecule has 2 atom stereocenters. The van der Waals surface area contributed by atoms with Crippen LogP contribution in [0.3, 0.4) is 0 Å². The van der Waals surface area contributed by atoms with Gasteiger partial charge in [0.05, 0.1) is 12.1 Å². The summed E-state index contributed by atoms with van der Waals surface area (Å²) in [5.41, 5.74) is 1.57. The lowest BCUT2D eigenvalue weighted by atomic mass is 9.94. The minimum Gasteiger partial charge on any atom is -0.346 e. The highest BCUT2D eigenvalue weighted by molar-refractivity contribution is 9.10. The van der Waals surface area contributed by atoms with E-state index in [0.717, 1.165) is 10.0 Å². The lowest BCUT2D eigenvalue weighted by molar-refractivity contribution is 0.409. The minimum absolute atomic E-state index is 0.0365. The van der Waals surface area contributed by atoms with Crippen LogP contribution < -0.4 is 5.32 Å². The summed E-state index contributed by atoms with van der Waals surface area (Å²) in [6.45, 7) is 0. The summed E-state index contributed by atoms with van der Waals surface area (Å²) in [6.07, 6.45) is 4.14. The number of tetrazole rings is 1. The van der Waals surface area contributed by atoms with Gasteiger partial charge in [0.1, 0.15) is 5.82 Å². The molecule has 3 aromatic rings. The first kappa shape index (κ1) is 14.3. The third-order valence-electron chi connectivity index (χ3n) is 3.95. The number of aromatic nitrogens is 5. The molecule has 1 aromatic carbocycles. The molecule has 116 valence electrons. The van der Waals surface area contributed by atoms with Gasteiger partial charge in [-0.25, -0.2) is 9.07 Å². The van der Waals surface area contributed by atoms with Crippen molar-refractivity contribution in [2.24, 2.45) is 0 Å². The van der Waals surface area contributed by atoms with Gasteiger partial charge in [0.15, 0.2) is 0 Å². The number of fused-ring (bicyclic) bond motifs is 1. The molecule has 0 saturated heterocycles. The maximum absolute atomic E-state index is 14.3. The maximum Gasteiger partial charge on any atom is 0.243 e. The lowest BCUT2D eigenvalue weighted by Crippen LogP contribution is -2.28. The Morgan fingerprint density at radius 3 is 3.04 bits per heavy atom. The standard InChI is InChI=1S/C15H12BrFN6/c16-10-3-4-12(17)11(6-10)14-7-13(9-2-1-5-18-8-9)19-15-20-21-22-23(14)15/h1-6,8,13-14H,7H2,(H,19,20,22)/t13-,14-/m1/s1. The first-order valence-electron chi connectivity index (χ1n) is 7.11. The van der Waals surface area contributed by atoms with Gasteiger partial charge in [-0.15, -0.1) is 0 Å². The van der Waals surface area contributed by atoms with Crippen molar-refractivity contribution in [1.29, 1.82) is 0 Å². The Bertz CT molecular complexity index is 837. The average Bonchev–Trinajstić information content (AvgIpc) is 3.05. The van der Waals surface area contributed by atoms with Gasteiger partial charge in [-0.05, 0) is 46.7 Å². The molecule has 2 aromatic heterocycles. The lowest BCUT2D eigenvalue weighted by Gasteiger charge is -2.31. The molecular formula is C15H12BrFN6. The summed E-state index contributed by atoms with van der Waals surface area (Å²) in [5.74, 6) is 0.251. The van der Waals surface area contributed by atoms with Crippen LogP contribution in [-0.2, 0) is 0 Å². The van der Waals surface area contributed by atoms with Gasteiger partial charge in [0, 0.05) is 22.4 Å². The van der Waals surface area contributed by atoms with Crippen LogP contribution in [0.1, 0.15) is 29.6 Å². The van der Waals surface area contributed by atoms with Crippen molar-refractivity contribution >= 4 is 21.9 Å². The van der Waals surface area contributed by atoms with Crippen LogP contribution in [0.25, 0.3) is 0 Å². The smallest absolute Gasteiger partial charge is 0.243 e. The summed E-state index contributed by atoms with van der Waals surface area (Å²) in [6, 6.07) is 8.44. The van der Waals surface area contributed by atoms with Crippen LogP contribution in [0.15, 0.2) is 47.2 Å². The Morgan fingerprint density at radius 2 is 2.22 bits per heavy atom. The van der Waals surface area contributed by atoms with E-state index < -0.39 is 0 Å². The molecule has 0 amide bonds. The van der Waals surface area contributed by atoms with Gasteiger partial charge < -0.3 is 5.32 Å². The van der Waals surface area contributed by atoms with Crippen molar-refractivity contribution in [3.8, 4) is 0 Å². The molecule has 0 saturated carbocycles. The van der Waals surface area contributed by atoms with Gasteiger partial charge >= 0.3 is 0 Å². The molecule has 8 heteroatoms. The van der Waals surface area contributed by atoms with E-state index in [4.69, 9.17) is 0 Å². The van der Waals surface area contributed by atoms with E-state index in [0.29, 0.717) is 17.9 Å². The van der Waals surface area contributed by atoms with Gasteiger partial charge in [-0.2, -0.15) is 0 Å². The van der Waals surface area contributed by atoms with Gasteiger partial charge in [0.2, 0.25) is 5.95 Å². The zero-order chi connectivity index (χ0) is 15.8. The van der Waals surface area contributed by atoms with E-state index >= 15 is 0 Å². The van der Waals surface area contributed by atoms with Gasteiger partial charge in [0.25, 0.3) is 0 Å². The van der Waals surface area contributed by atoms with E-state index in [9.17, 15) is 4.39 Å². The fourth-order valence-electron chi connectivity index (χ4n) is 2.87. The molecule has 0 fully saturated rings. The Labute approximate surface area is 139 Å². The third kappa shape index (κ3) is 2.59. The number of hydrogen-bond acceptors (Lipinski definition) is 5. The van der Waals surface area contributed by atoms with Gasteiger partial charge in [-0.1, -0.05) is 27.1 Å². The average molecular weight is 375 g/mol. The number of halogens is 2. The second kappa shape index (κ2) is 5.69. The second-order valence-corrected chi connectivity index (χ2v) is 6.26. The predicted molar refractivity (Wildman–Crippen MR) is 85.3 cm³/mol. The second-order valence-electron chi connectivity index (χ2n) is 5.35. The van der Waals surface area contributed by atoms with Crippen LogP contribution >= 0.6 is 15.9 Å². The number of nitrogens with zero attached hydrogens (tertiary/aromatic N) is 5. The maximum atomic E-state index is 14.3. The molecule has 4 rings (SSSR count). The van der Waals surface area contributed by atoms with E-state index in [1.807, 2.05) is 12.1 Å². The van der Waals surface area contributed by atoms with Crippen molar-refractivity contribution in [2.75, 3.05) is 5.32 Å². The first-order valence-corrected chi connectivity index (χ1v) is 7.91. The molecule has 0 bridgehead atoms. The highest BCUT2D eigenvalue weighted by Crippen LogP contribution is 2.38. The van der Waals surface area contributed by atoms with Crippen LogP contribution in [0.5, 0.6) is 0 Å². The van der Waals surface area contributed by atoms with Crippen LogP contribution in [-0.4, -0.2) is 25.2 Å². The first-order chi connectivity index (χ1) is 11.2. The summed E-state index contributed by atoms with van der Waals surface area (Å²) in [7, 11) is 0. The monoisotopic (exact) mass is 374 g/mol. The summed E-state index contributed by atoms with van der Waals surface area (Å²) in [4.78, 5) is 4.15. The molecule has 0 aliphatic carbocycles.